The average molecular weight is 600 g/mol. The van der Waals surface area contributed by atoms with Crippen molar-refractivity contribution in [1.82, 2.24) is 10.6 Å². The minimum Gasteiger partial charge on any atom is -0.481 e. The largest absolute Gasteiger partial charge is 0.481 e. The lowest BCUT2D eigenvalue weighted by Gasteiger charge is -2.16. The van der Waals surface area contributed by atoms with Crippen LogP contribution in [0.15, 0.2) is 0 Å². The summed E-state index contributed by atoms with van der Waals surface area (Å²) in [4.78, 5) is 46.2. The first-order chi connectivity index (χ1) is 20.0. The monoisotopic (exact) mass is 599 g/mol. The Balaban J connectivity index is 3.45. The molecule has 0 saturated carbocycles. The molecule has 10 heteroatoms. The Hall–Kier alpha value is -2.20. The maximum atomic E-state index is 12.1. The van der Waals surface area contributed by atoms with Crippen molar-refractivity contribution in [2.45, 2.75) is 142 Å². The molecule has 5 N–H and O–H groups in total. The van der Waals surface area contributed by atoms with Crippen LogP contribution in [-0.2, 0) is 28.7 Å². The number of hydrogen-bond donors (Lipinski definition) is 4. The second-order valence-electron chi connectivity index (χ2n) is 12.2. The first-order valence-corrected chi connectivity index (χ1v) is 16.3. The van der Waals surface area contributed by atoms with Gasteiger partial charge in [0.25, 0.3) is 0 Å². The Morgan fingerprint density at radius 3 is 1.67 bits per heavy atom. The highest BCUT2D eigenvalue weighted by molar-refractivity contribution is 5.81. The van der Waals surface area contributed by atoms with E-state index in [9.17, 15) is 19.2 Å². The van der Waals surface area contributed by atoms with Crippen LogP contribution >= 0.6 is 0 Å². The summed E-state index contributed by atoms with van der Waals surface area (Å²) in [5.74, 6) is -1.15. The van der Waals surface area contributed by atoms with Crippen LogP contribution in [0.3, 0.4) is 0 Å². The third kappa shape index (κ3) is 26.7. The van der Waals surface area contributed by atoms with E-state index in [0.717, 1.165) is 32.1 Å². The molecule has 0 rings (SSSR count). The SMILES string of the molecule is CC(C)(C)C(=O)OCCOCCNC(=O)C(N)CCCNC(=O)CCCCCCCCCCCCCCCCC(=O)O. The van der Waals surface area contributed by atoms with Crippen LogP contribution in [0.5, 0.6) is 0 Å². The van der Waals surface area contributed by atoms with Gasteiger partial charge in [-0.15, -0.1) is 0 Å². The van der Waals surface area contributed by atoms with Gasteiger partial charge in [0.1, 0.15) is 6.61 Å². The summed E-state index contributed by atoms with van der Waals surface area (Å²) >= 11 is 0. The first-order valence-electron chi connectivity index (χ1n) is 16.3. The number of carbonyl (C=O) groups is 4. The zero-order valence-corrected chi connectivity index (χ0v) is 26.8. The average Bonchev–Trinajstić information content (AvgIpc) is 2.93. The van der Waals surface area contributed by atoms with E-state index in [4.69, 9.17) is 20.3 Å². The number of nitrogens with two attached hydrogens (primary N) is 1. The van der Waals surface area contributed by atoms with Crippen LogP contribution in [0.25, 0.3) is 0 Å². The van der Waals surface area contributed by atoms with Gasteiger partial charge < -0.3 is 30.9 Å². The van der Waals surface area contributed by atoms with Gasteiger partial charge in [-0.3, -0.25) is 19.2 Å². The van der Waals surface area contributed by atoms with Gasteiger partial charge in [-0.1, -0.05) is 77.0 Å². The number of carboxylic acids is 1. The molecular formula is C32H61N3O7. The Bertz CT molecular complexity index is 725. The smallest absolute Gasteiger partial charge is 0.311 e. The molecular weight excluding hydrogens is 538 g/mol. The minimum absolute atomic E-state index is 0.0558. The topological polar surface area (TPSA) is 157 Å². The van der Waals surface area contributed by atoms with Crippen molar-refractivity contribution in [3.8, 4) is 0 Å². The lowest BCUT2D eigenvalue weighted by atomic mass is 9.97. The van der Waals surface area contributed by atoms with Gasteiger partial charge in [0.2, 0.25) is 11.8 Å². The molecule has 0 bridgehead atoms. The number of nitrogens with one attached hydrogen (secondary N) is 2. The lowest BCUT2D eigenvalue weighted by Crippen LogP contribution is -2.42. The van der Waals surface area contributed by atoms with Crippen LogP contribution < -0.4 is 16.4 Å². The highest BCUT2D eigenvalue weighted by Gasteiger charge is 2.22. The van der Waals surface area contributed by atoms with Gasteiger partial charge in [0, 0.05) is 25.9 Å². The number of carboxylic acid groups (broad SMARTS) is 1. The van der Waals surface area contributed by atoms with Gasteiger partial charge in [0.05, 0.1) is 24.7 Å². The summed E-state index contributed by atoms with van der Waals surface area (Å²) in [6, 6.07) is -0.628. The number of unbranched alkanes of at least 4 members (excludes halogenated alkanes) is 13. The Morgan fingerprint density at radius 2 is 1.17 bits per heavy atom. The highest BCUT2D eigenvalue weighted by atomic mass is 16.6. The molecule has 0 aliphatic heterocycles. The van der Waals surface area contributed by atoms with E-state index in [1.807, 2.05) is 0 Å². The Kier molecular flexibility index (Phi) is 25.0. The molecule has 0 aromatic carbocycles. The third-order valence-corrected chi connectivity index (χ3v) is 7.01. The van der Waals surface area contributed by atoms with Crippen LogP contribution in [0.4, 0.5) is 0 Å². The van der Waals surface area contributed by atoms with Crippen molar-refractivity contribution in [3.63, 3.8) is 0 Å². The zero-order valence-electron chi connectivity index (χ0n) is 26.8. The van der Waals surface area contributed by atoms with Gasteiger partial charge >= 0.3 is 11.9 Å². The summed E-state index contributed by atoms with van der Waals surface area (Å²) in [6.45, 7) is 6.97. The molecule has 0 aliphatic carbocycles. The van der Waals surface area contributed by atoms with E-state index in [1.54, 1.807) is 20.8 Å². The van der Waals surface area contributed by atoms with Crippen molar-refractivity contribution < 1.29 is 33.8 Å². The van der Waals surface area contributed by atoms with E-state index in [1.165, 1.54) is 57.8 Å². The van der Waals surface area contributed by atoms with E-state index in [-0.39, 0.29) is 31.0 Å². The van der Waals surface area contributed by atoms with Crippen LogP contribution in [0.1, 0.15) is 136 Å². The standard InChI is InChI=1S/C32H61N3O7/c1-32(2,3)31(40)42-26-25-41-24-23-35-30(39)27(33)19-18-22-34-28(36)20-16-14-12-10-8-6-4-5-7-9-11-13-15-17-21-29(37)38/h27H,4-26,33H2,1-3H3,(H,34,36)(H,35,39)(H,37,38). The van der Waals surface area contributed by atoms with Gasteiger partial charge in [-0.2, -0.15) is 0 Å². The van der Waals surface area contributed by atoms with Crippen molar-refractivity contribution in [1.29, 1.82) is 0 Å². The summed E-state index contributed by atoms with van der Waals surface area (Å²) in [5.41, 5.74) is 5.40. The van der Waals surface area contributed by atoms with Crippen LogP contribution in [0, 0.1) is 5.41 Å². The molecule has 10 nitrogen and oxygen atoms in total. The molecule has 1 unspecified atom stereocenters. The second kappa shape index (κ2) is 26.4. The fourth-order valence-corrected chi connectivity index (χ4v) is 4.34. The number of hydrogen-bond acceptors (Lipinski definition) is 7. The maximum absolute atomic E-state index is 12.1. The van der Waals surface area contributed by atoms with Crippen molar-refractivity contribution in [2.75, 3.05) is 32.9 Å². The molecule has 0 heterocycles. The van der Waals surface area contributed by atoms with E-state index >= 15 is 0 Å². The zero-order chi connectivity index (χ0) is 31.5. The maximum Gasteiger partial charge on any atom is 0.311 e. The second-order valence-corrected chi connectivity index (χ2v) is 12.2. The molecule has 0 aromatic heterocycles. The van der Waals surface area contributed by atoms with Crippen molar-refractivity contribution in [2.24, 2.45) is 11.1 Å². The molecule has 1 atom stereocenters. The normalized spacial score (nSPS) is 12.1. The lowest BCUT2D eigenvalue weighted by molar-refractivity contribution is -0.154. The van der Waals surface area contributed by atoms with Crippen molar-refractivity contribution >= 4 is 23.8 Å². The van der Waals surface area contributed by atoms with Gasteiger partial charge in [-0.05, 0) is 46.5 Å². The number of rotatable bonds is 28. The van der Waals surface area contributed by atoms with Gasteiger partial charge in [-0.25, -0.2) is 0 Å². The number of ether oxygens (including phenoxy) is 2. The molecule has 0 fully saturated rings. The third-order valence-electron chi connectivity index (χ3n) is 7.01. The summed E-state index contributed by atoms with van der Waals surface area (Å²) in [5, 5.41) is 14.3. The number of esters is 1. The fraction of sp³-hybridized carbons (Fsp3) is 0.875. The predicted molar refractivity (Wildman–Crippen MR) is 166 cm³/mol. The number of carbonyl (C=O) groups excluding carboxylic acids is 3. The quantitative estimate of drug-likeness (QED) is 0.0701. The molecule has 246 valence electrons. The van der Waals surface area contributed by atoms with Gasteiger partial charge in [0.15, 0.2) is 0 Å². The molecule has 0 aliphatic rings. The molecule has 0 spiro atoms. The summed E-state index contributed by atoms with van der Waals surface area (Å²) in [7, 11) is 0. The summed E-state index contributed by atoms with van der Waals surface area (Å²) < 4.78 is 10.5. The summed E-state index contributed by atoms with van der Waals surface area (Å²) in [6.07, 6.45) is 18.2. The first kappa shape index (κ1) is 39.8. The fourth-order valence-electron chi connectivity index (χ4n) is 4.34. The molecule has 42 heavy (non-hydrogen) atoms. The predicted octanol–water partition coefficient (Wildman–Crippen LogP) is 5.26. The minimum atomic E-state index is -0.690. The molecule has 0 radical (unpaired) electrons. The number of aliphatic carboxylic acids is 1. The van der Waals surface area contributed by atoms with E-state index < -0.39 is 17.4 Å². The Morgan fingerprint density at radius 1 is 0.667 bits per heavy atom. The molecule has 0 aromatic rings. The molecule has 2 amide bonds. The van der Waals surface area contributed by atoms with Crippen LogP contribution in [0.2, 0.25) is 0 Å². The Labute approximate surface area is 254 Å². The number of amides is 2. The van der Waals surface area contributed by atoms with Crippen LogP contribution in [-0.4, -0.2) is 67.8 Å². The van der Waals surface area contributed by atoms with Crippen molar-refractivity contribution in [3.05, 3.63) is 0 Å². The molecule has 0 saturated heterocycles. The van der Waals surface area contributed by atoms with E-state index in [0.29, 0.717) is 45.4 Å². The highest BCUT2D eigenvalue weighted by Crippen LogP contribution is 2.15. The van der Waals surface area contributed by atoms with E-state index in [2.05, 4.69) is 10.6 Å².